The van der Waals surface area contributed by atoms with E-state index in [9.17, 15) is 9.59 Å². The van der Waals surface area contributed by atoms with Crippen LogP contribution in [0.4, 0.5) is 4.79 Å². The maximum atomic E-state index is 12.5. The van der Waals surface area contributed by atoms with Crippen molar-refractivity contribution in [3.63, 3.8) is 0 Å². The van der Waals surface area contributed by atoms with Gasteiger partial charge in [0.15, 0.2) is 0 Å². The fourth-order valence-corrected chi connectivity index (χ4v) is 3.63. The SMILES string of the molecule is O=C(N[C@@H](c1ccccc1)c1cccs1)N[C@H]1CCCCNC1=O. The van der Waals surface area contributed by atoms with Crippen molar-refractivity contribution in [2.45, 2.75) is 31.3 Å². The van der Waals surface area contributed by atoms with Gasteiger partial charge in [-0.05, 0) is 36.3 Å². The van der Waals surface area contributed by atoms with Crippen molar-refractivity contribution < 1.29 is 9.59 Å². The molecule has 2 heterocycles. The third-order valence-corrected chi connectivity index (χ3v) is 5.01. The summed E-state index contributed by atoms with van der Waals surface area (Å²) in [6.45, 7) is 0.681. The predicted molar refractivity (Wildman–Crippen MR) is 94.9 cm³/mol. The number of thiophene rings is 1. The minimum absolute atomic E-state index is 0.102. The largest absolute Gasteiger partial charge is 0.354 e. The third kappa shape index (κ3) is 4.14. The number of urea groups is 1. The fourth-order valence-electron chi connectivity index (χ4n) is 2.83. The molecule has 2 atom stereocenters. The Morgan fingerprint density at radius 2 is 2.00 bits per heavy atom. The van der Waals surface area contributed by atoms with E-state index >= 15 is 0 Å². The predicted octanol–water partition coefficient (Wildman–Crippen LogP) is 2.81. The van der Waals surface area contributed by atoms with E-state index in [0.717, 1.165) is 23.3 Å². The monoisotopic (exact) mass is 343 g/mol. The summed E-state index contributed by atoms with van der Waals surface area (Å²) < 4.78 is 0. The molecular formula is C18H21N3O2S. The van der Waals surface area contributed by atoms with E-state index in [1.807, 2.05) is 47.8 Å². The smallest absolute Gasteiger partial charge is 0.316 e. The molecule has 3 N–H and O–H groups in total. The Kier molecular flexibility index (Phi) is 5.48. The van der Waals surface area contributed by atoms with Gasteiger partial charge in [-0.25, -0.2) is 4.79 Å². The zero-order chi connectivity index (χ0) is 16.8. The summed E-state index contributed by atoms with van der Waals surface area (Å²) in [5, 5.41) is 10.6. The van der Waals surface area contributed by atoms with Gasteiger partial charge in [0.25, 0.3) is 0 Å². The zero-order valence-corrected chi connectivity index (χ0v) is 14.1. The van der Waals surface area contributed by atoms with Crippen molar-refractivity contribution in [2.24, 2.45) is 0 Å². The lowest BCUT2D eigenvalue weighted by molar-refractivity contribution is -0.122. The van der Waals surface area contributed by atoms with Crippen LogP contribution in [0.2, 0.25) is 0 Å². The summed E-state index contributed by atoms with van der Waals surface area (Å²) in [5.74, 6) is -0.102. The zero-order valence-electron chi connectivity index (χ0n) is 13.3. The van der Waals surface area contributed by atoms with Crippen LogP contribution in [0.15, 0.2) is 47.8 Å². The van der Waals surface area contributed by atoms with Crippen LogP contribution in [0, 0.1) is 0 Å². The van der Waals surface area contributed by atoms with E-state index in [1.54, 1.807) is 11.3 Å². The van der Waals surface area contributed by atoms with Gasteiger partial charge in [-0.3, -0.25) is 4.79 Å². The van der Waals surface area contributed by atoms with Gasteiger partial charge in [0.1, 0.15) is 6.04 Å². The minimum atomic E-state index is -0.466. The number of carbonyl (C=O) groups is 2. The Morgan fingerprint density at radius 3 is 2.75 bits per heavy atom. The second-order valence-electron chi connectivity index (χ2n) is 5.82. The van der Waals surface area contributed by atoms with Gasteiger partial charge in [0.05, 0.1) is 6.04 Å². The van der Waals surface area contributed by atoms with Crippen LogP contribution in [0.3, 0.4) is 0 Å². The highest BCUT2D eigenvalue weighted by Crippen LogP contribution is 2.25. The second-order valence-corrected chi connectivity index (χ2v) is 6.80. The molecule has 24 heavy (non-hydrogen) atoms. The van der Waals surface area contributed by atoms with E-state index in [2.05, 4.69) is 16.0 Å². The fraction of sp³-hybridized carbons (Fsp3) is 0.333. The van der Waals surface area contributed by atoms with Gasteiger partial charge < -0.3 is 16.0 Å². The van der Waals surface area contributed by atoms with Crippen molar-refractivity contribution in [1.82, 2.24) is 16.0 Å². The average molecular weight is 343 g/mol. The number of amides is 3. The summed E-state index contributed by atoms with van der Waals surface area (Å²) in [6.07, 6.45) is 2.55. The van der Waals surface area contributed by atoms with Crippen molar-refractivity contribution in [3.8, 4) is 0 Å². The van der Waals surface area contributed by atoms with Crippen LogP contribution in [0.1, 0.15) is 35.7 Å². The molecule has 1 aromatic carbocycles. The van der Waals surface area contributed by atoms with Gasteiger partial charge in [0.2, 0.25) is 5.91 Å². The molecular weight excluding hydrogens is 322 g/mol. The lowest BCUT2D eigenvalue weighted by Crippen LogP contribution is -2.49. The van der Waals surface area contributed by atoms with Gasteiger partial charge in [0, 0.05) is 11.4 Å². The van der Waals surface area contributed by atoms with Crippen molar-refractivity contribution in [1.29, 1.82) is 0 Å². The molecule has 6 heteroatoms. The molecule has 1 fully saturated rings. The Morgan fingerprint density at radius 1 is 1.17 bits per heavy atom. The topological polar surface area (TPSA) is 70.2 Å². The molecule has 1 aliphatic rings. The van der Waals surface area contributed by atoms with E-state index in [4.69, 9.17) is 0 Å². The molecule has 2 aromatic rings. The lowest BCUT2D eigenvalue weighted by atomic mass is 10.1. The first-order chi connectivity index (χ1) is 11.7. The Labute approximate surface area is 145 Å². The third-order valence-electron chi connectivity index (χ3n) is 4.08. The molecule has 0 unspecified atom stereocenters. The number of nitrogens with one attached hydrogen (secondary N) is 3. The Hall–Kier alpha value is -2.34. The van der Waals surface area contributed by atoms with E-state index in [-0.39, 0.29) is 18.0 Å². The highest BCUT2D eigenvalue weighted by molar-refractivity contribution is 7.10. The quantitative estimate of drug-likeness (QED) is 0.799. The molecule has 1 aliphatic heterocycles. The lowest BCUT2D eigenvalue weighted by Gasteiger charge is -2.21. The molecule has 1 aromatic heterocycles. The summed E-state index contributed by atoms with van der Waals surface area (Å²) in [7, 11) is 0. The molecule has 0 bridgehead atoms. The molecule has 0 aliphatic carbocycles. The van der Waals surface area contributed by atoms with Gasteiger partial charge in [-0.1, -0.05) is 36.4 Å². The molecule has 1 saturated heterocycles. The standard InChI is InChI=1S/C18H21N3O2S/c22-17-14(9-4-5-11-19-17)20-18(23)21-16(15-10-6-12-24-15)13-7-2-1-3-8-13/h1-3,6-8,10,12,14,16H,4-5,9,11H2,(H,19,22)(H2,20,21,23)/t14-,16-/m0/s1. The van der Waals surface area contributed by atoms with E-state index in [1.165, 1.54) is 0 Å². The average Bonchev–Trinajstić information content (AvgIpc) is 3.06. The maximum absolute atomic E-state index is 12.5. The Bertz CT molecular complexity index is 673. The molecule has 0 radical (unpaired) electrons. The van der Waals surface area contributed by atoms with Crippen LogP contribution in [0.25, 0.3) is 0 Å². The summed E-state index contributed by atoms with van der Waals surface area (Å²) >= 11 is 1.60. The number of rotatable bonds is 4. The maximum Gasteiger partial charge on any atom is 0.316 e. The van der Waals surface area contributed by atoms with Gasteiger partial charge >= 0.3 is 6.03 Å². The second kappa shape index (κ2) is 7.97. The normalized spacial score (nSPS) is 19.0. The van der Waals surface area contributed by atoms with Crippen LogP contribution in [-0.4, -0.2) is 24.5 Å². The van der Waals surface area contributed by atoms with Crippen LogP contribution >= 0.6 is 11.3 Å². The molecule has 126 valence electrons. The van der Waals surface area contributed by atoms with Crippen LogP contribution < -0.4 is 16.0 Å². The highest BCUT2D eigenvalue weighted by atomic mass is 32.1. The van der Waals surface area contributed by atoms with E-state index < -0.39 is 6.04 Å². The minimum Gasteiger partial charge on any atom is -0.354 e. The van der Waals surface area contributed by atoms with Crippen LogP contribution in [0.5, 0.6) is 0 Å². The summed E-state index contributed by atoms with van der Waals surface area (Å²) in [4.78, 5) is 25.5. The van der Waals surface area contributed by atoms with Crippen LogP contribution in [-0.2, 0) is 4.79 Å². The molecule has 0 saturated carbocycles. The number of hydrogen-bond donors (Lipinski definition) is 3. The molecule has 5 nitrogen and oxygen atoms in total. The van der Waals surface area contributed by atoms with Gasteiger partial charge in [-0.2, -0.15) is 0 Å². The number of benzene rings is 1. The summed E-state index contributed by atoms with van der Waals surface area (Å²) in [6, 6.07) is 12.8. The van der Waals surface area contributed by atoms with Crippen molar-refractivity contribution in [3.05, 3.63) is 58.3 Å². The molecule has 0 spiro atoms. The summed E-state index contributed by atoms with van der Waals surface area (Å²) in [5.41, 5.74) is 1.01. The van der Waals surface area contributed by atoms with Crippen molar-refractivity contribution >= 4 is 23.3 Å². The van der Waals surface area contributed by atoms with Crippen molar-refractivity contribution in [2.75, 3.05) is 6.54 Å². The van der Waals surface area contributed by atoms with Gasteiger partial charge in [-0.15, -0.1) is 11.3 Å². The highest BCUT2D eigenvalue weighted by Gasteiger charge is 2.24. The van der Waals surface area contributed by atoms with E-state index in [0.29, 0.717) is 13.0 Å². The number of carbonyl (C=O) groups excluding carboxylic acids is 2. The molecule has 3 rings (SSSR count). The first-order valence-corrected chi connectivity index (χ1v) is 9.05. The number of hydrogen-bond acceptors (Lipinski definition) is 3. The Balaban J connectivity index is 1.70. The molecule has 3 amide bonds. The first-order valence-electron chi connectivity index (χ1n) is 8.17. The first kappa shape index (κ1) is 16.5.